The number of nitrogens with zero attached hydrogens (tertiary/aromatic N) is 2. The molecule has 3 aromatic heterocycles. The minimum absolute atomic E-state index is 0.522. The molecule has 6 heteroatoms. The van der Waals surface area contributed by atoms with Crippen LogP contribution in [0.2, 0.25) is 5.15 Å². The maximum Gasteiger partial charge on any atom is 0.150 e. The molecule has 0 saturated heterocycles. The van der Waals surface area contributed by atoms with Crippen molar-refractivity contribution in [2.24, 2.45) is 0 Å². The van der Waals surface area contributed by atoms with Crippen molar-refractivity contribution in [2.45, 2.75) is 0 Å². The van der Waals surface area contributed by atoms with E-state index in [-0.39, 0.29) is 0 Å². The Kier molecular flexibility index (Phi) is 2.71. The highest BCUT2D eigenvalue weighted by molar-refractivity contribution is 9.10. The smallest absolute Gasteiger partial charge is 0.150 e. The normalized spacial score (nSPS) is 11.1. The van der Waals surface area contributed by atoms with Gasteiger partial charge in [-0.2, -0.15) is 0 Å². The summed E-state index contributed by atoms with van der Waals surface area (Å²) in [5, 5.41) is 2.57. The lowest BCUT2D eigenvalue weighted by molar-refractivity contribution is 1.23. The zero-order chi connectivity index (χ0) is 11.1. The molecular weight excluding hydrogens is 328 g/mol. The highest BCUT2D eigenvalue weighted by Crippen LogP contribution is 2.41. The van der Waals surface area contributed by atoms with E-state index in [9.17, 15) is 0 Å². The summed E-state index contributed by atoms with van der Waals surface area (Å²) in [6, 6.07) is 4.09. The van der Waals surface area contributed by atoms with Crippen LogP contribution in [0.5, 0.6) is 0 Å². The fraction of sp³-hybridized carbons (Fsp3) is 0. The Hall–Kier alpha value is -0.490. The van der Waals surface area contributed by atoms with Gasteiger partial charge in [0.1, 0.15) is 11.5 Å². The topological polar surface area (TPSA) is 25.8 Å². The van der Waals surface area contributed by atoms with E-state index in [0.29, 0.717) is 5.15 Å². The molecule has 0 unspecified atom stereocenters. The Bertz CT molecular complexity index is 662. The Morgan fingerprint density at radius 3 is 2.88 bits per heavy atom. The standard InChI is InChI=1S/C10H4BrClN2S2/c11-5-1-2-15-8(5)7-3-6-9(16-7)10(12)14-4-13-6/h1-4H. The fourth-order valence-electron chi connectivity index (χ4n) is 1.41. The summed E-state index contributed by atoms with van der Waals surface area (Å²) >= 11 is 12.9. The Labute approximate surface area is 113 Å². The molecule has 0 radical (unpaired) electrons. The van der Waals surface area contributed by atoms with Crippen LogP contribution < -0.4 is 0 Å². The van der Waals surface area contributed by atoms with Crippen LogP contribution in [0, 0.1) is 0 Å². The largest absolute Gasteiger partial charge is 0.235 e. The molecule has 0 aromatic carbocycles. The van der Waals surface area contributed by atoms with Gasteiger partial charge in [0, 0.05) is 9.35 Å². The van der Waals surface area contributed by atoms with E-state index in [1.165, 1.54) is 16.1 Å². The molecule has 3 heterocycles. The monoisotopic (exact) mass is 330 g/mol. The maximum absolute atomic E-state index is 6.02. The van der Waals surface area contributed by atoms with Gasteiger partial charge in [0.05, 0.1) is 15.1 Å². The summed E-state index contributed by atoms with van der Waals surface area (Å²) in [5.41, 5.74) is 0.903. The number of aromatic nitrogens is 2. The minimum Gasteiger partial charge on any atom is -0.235 e. The van der Waals surface area contributed by atoms with E-state index < -0.39 is 0 Å². The first-order valence-electron chi connectivity index (χ1n) is 4.39. The van der Waals surface area contributed by atoms with Crippen molar-refractivity contribution in [1.29, 1.82) is 0 Å². The number of thiophene rings is 2. The molecule has 16 heavy (non-hydrogen) atoms. The van der Waals surface area contributed by atoms with E-state index in [1.807, 2.05) is 12.1 Å². The van der Waals surface area contributed by atoms with Crippen molar-refractivity contribution < 1.29 is 0 Å². The highest BCUT2D eigenvalue weighted by atomic mass is 79.9. The van der Waals surface area contributed by atoms with Crippen molar-refractivity contribution in [3.05, 3.63) is 33.5 Å². The first-order chi connectivity index (χ1) is 7.75. The van der Waals surface area contributed by atoms with Crippen molar-refractivity contribution in [1.82, 2.24) is 9.97 Å². The second kappa shape index (κ2) is 4.07. The summed E-state index contributed by atoms with van der Waals surface area (Å²) in [5.74, 6) is 0. The van der Waals surface area contributed by atoms with Crippen molar-refractivity contribution in [2.75, 3.05) is 0 Å². The van der Waals surface area contributed by atoms with E-state index >= 15 is 0 Å². The first kappa shape index (κ1) is 10.7. The van der Waals surface area contributed by atoms with Crippen LogP contribution in [0.3, 0.4) is 0 Å². The summed E-state index contributed by atoms with van der Waals surface area (Å²) in [7, 11) is 0. The third-order valence-corrected chi connectivity index (χ3v) is 5.66. The zero-order valence-corrected chi connectivity index (χ0v) is 11.8. The molecule has 80 valence electrons. The average molecular weight is 332 g/mol. The summed E-state index contributed by atoms with van der Waals surface area (Å²) in [4.78, 5) is 10.6. The molecule has 0 aliphatic heterocycles. The van der Waals surface area contributed by atoms with Gasteiger partial charge in [0.2, 0.25) is 0 Å². The molecule has 0 amide bonds. The van der Waals surface area contributed by atoms with Gasteiger partial charge in [-0.15, -0.1) is 22.7 Å². The van der Waals surface area contributed by atoms with E-state index in [1.54, 1.807) is 22.7 Å². The number of hydrogen-bond donors (Lipinski definition) is 0. The van der Waals surface area contributed by atoms with Gasteiger partial charge in [-0.05, 0) is 33.4 Å². The molecule has 0 saturated carbocycles. The van der Waals surface area contributed by atoms with Crippen molar-refractivity contribution in [3.63, 3.8) is 0 Å². The van der Waals surface area contributed by atoms with E-state index in [4.69, 9.17) is 11.6 Å². The van der Waals surface area contributed by atoms with Gasteiger partial charge in [0.15, 0.2) is 0 Å². The van der Waals surface area contributed by atoms with Gasteiger partial charge >= 0.3 is 0 Å². The second-order valence-electron chi connectivity index (χ2n) is 3.09. The molecule has 3 aromatic rings. The van der Waals surface area contributed by atoms with E-state index in [2.05, 4.69) is 31.3 Å². The lowest BCUT2D eigenvalue weighted by Gasteiger charge is -1.90. The molecular formula is C10H4BrClN2S2. The molecule has 2 nitrogen and oxygen atoms in total. The van der Waals surface area contributed by atoms with Crippen molar-refractivity contribution in [3.8, 4) is 9.75 Å². The maximum atomic E-state index is 6.02. The van der Waals surface area contributed by atoms with Crippen LogP contribution >= 0.6 is 50.2 Å². The fourth-order valence-corrected chi connectivity index (χ4v) is 4.51. The number of halogens is 2. The average Bonchev–Trinajstić information content (AvgIpc) is 2.84. The predicted molar refractivity (Wildman–Crippen MR) is 73.4 cm³/mol. The number of fused-ring (bicyclic) bond motifs is 1. The summed E-state index contributed by atoms with van der Waals surface area (Å²) in [6.07, 6.45) is 1.49. The molecule has 0 aliphatic carbocycles. The lowest BCUT2D eigenvalue weighted by Crippen LogP contribution is -1.76. The Morgan fingerprint density at radius 1 is 1.31 bits per heavy atom. The Morgan fingerprint density at radius 2 is 2.19 bits per heavy atom. The van der Waals surface area contributed by atoms with Gasteiger partial charge in [0.25, 0.3) is 0 Å². The molecule has 0 spiro atoms. The lowest BCUT2D eigenvalue weighted by atomic mass is 10.3. The molecule has 0 fully saturated rings. The van der Waals surface area contributed by atoms with Gasteiger partial charge in [-0.1, -0.05) is 11.6 Å². The quantitative estimate of drug-likeness (QED) is 0.597. The highest BCUT2D eigenvalue weighted by Gasteiger charge is 2.11. The van der Waals surface area contributed by atoms with Crippen molar-refractivity contribution >= 4 is 60.4 Å². The number of hydrogen-bond acceptors (Lipinski definition) is 4. The minimum atomic E-state index is 0.522. The van der Waals surface area contributed by atoms with Gasteiger partial charge in [-0.3, -0.25) is 0 Å². The third kappa shape index (κ3) is 1.68. The SMILES string of the molecule is Clc1ncnc2cc(-c3sccc3Br)sc12. The summed E-state index contributed by atoms with van der Waals surface area (Å²) in [6.45, 7) is 0. The molecule has 0 N–H and O–H groups in total. The first-order valence-corrected chi connectivity index (χ1v) is 7.26. The second-order valence-corrected chi connectivity index (χ2v) is 6.27. The predicted octanol–water partition coefficient (Wildman–Crippen LogP) is 4.84. The zero-order valence-electron chi connectivity index (χ0n) is 7.78. The van der Waals surface area contributed by atoms with Crippen LogP contribution in [-0.2, 0) is 0 Å². The van der Waals surface area contributed by atoms with E-state index in [0.717, 1.165) is 14.7 Å². The van der Waals surface area contributed by atoms with Gasteiger partial charge in [-0.25, -0.2) is 9.97 Å². The summed E-state index contributed by atoms with van der Waals surface area (Å²) < 4.78 is 2.05. The van der Waals surface area contributed by atoms with Gasteiger partial charge < -0.3 is 0 Å². The molecule has 3 rings (SSSR count). The van der Waals surface area contributed by atoms with Crippen LogP contribution in [-0.4, -0.2) is 9.97 Å². The van der Waals surface area contributed by atoms with Crippen LogP contribution in [0.25, 0.3) is 20.0 Å². The Balaban J connectivity index is 2.27. The molecule has 0 atom stereocenters. The molecule has 0 aliphatic rings. The molecule has 0 bridgehead atoms. The number of rotatable bonds is 1. The van der Waals surface area contributed by atoms with Crippen LogP contribution in [0.1, 0.15) is 0 Å². The van der Waals surface area contributed by atoms with Crippen LogP contribution in [0.4, 0.5) is 0 Å². The van der Waals surface area contributed by atoms with Crippen LogP contribution in [0.15, 0.2) is 28.3 Å². The third-order valence-electron chi connectivity index (χ3n) is 2.11.